The van der Waals surface area contributed by atoms with Gasteiger partial charge in [-0.1, -0.05) is 0 Å². The second-order valence-corrected chi connectivity index (χ2v) is 4.65. The van der Waals surface area contributed by atoms with Gasteiger partial charge in [0.15, 0.2) is 0 Å². The van der Waals surface area contributed by atoms with Gasteiger partial charge in [0.1, 0.15) is 23.1 Å². The first-order valence-corrected chi connectivity index (χ1v) is 6.73. The Morgan fingerprint density at radius 1 is 1.04 bits per heavy atom. The van der Waals surface area contributed by atoms with Gasteiger partial charge >= 0.3 is 6.03 Å². The molecule has 0 aliphatic rings. The van der Waals surface area contributed by atoms with Gasteiger partial charge in [-0.25, -0.2) is 13.6 Å². The zero-order valence-corrected chi connectivity index (χ0v) is 12.7. The van der Waals surface area contributed by atoms with E-state index in [4.69, 9.17) is 9.47 Å². The Morgan fingerprint density at radius 2 is 1.70 bits per heavy atom. The van der Waals surface area contributed by atoms with Gasteiger partial charge in [0.05, 0.1) is 19.9 Å². The van der Waals surface area contributed by atoms with Crippen LogP contribution >= 0.6 is 0 Å². The Bertz CT molecular complexity index is 685. The van der Waals surface area contributed by atoms with Crippen molar-refractivity contribution in [3.8, 4) is 11.5 Å². The molecule has 0 aliphatic heterocycles. The number of benzene rings is 2. The first kappa shape index (κ1) is 16.5. The number of hydrogen-bond acceptors (Lipinski definition) is 3. The molecule has 0 fully saturated rings. The SMILES string of the molecule is COc1cc(CNC(=O)Nc2cc(F)ccc2F)cc(OC)c1. The van der Waals surface area contributed by atoms with Gasteiger partial charge in [0.2, 0.25) is 0 Å². The molecule has 0 heterocycles. The van der Waals surface area contributed by atoms with Crippen molar-refractivity contribution < 1.29 is 23.0 Å². The van der Waals surface area contributed by atoms with Crippen molar-refractivity contribution in [2.75, 3.05) is 19.5 Å². The third-order valence-electron chi connectivity index (χ3n) is 3.04. The van der Waals surface area contributed by atoms with Crippen molar-refractivity contribution >= 4 is 11.7 Å². The van der Waals surface area contributed by atoms with E-state index in [9.17, 15) is 13.6 Å². The lowest BCUT2D eigenvalue weighted by atomic mass is 10.2. The number of hydrogen-bond donors (Lipinski definition) is 2. The molecular weight excluding hydrogens is 306 g/mol. The molecule has 0 aliphatic carbocycles. The van der Waals surface area contributed by atoms with E-state index in [1.54, 1.807) is 18.2 Å². The van der Waals surface area contributed by atoms with Crippen LogP contribution in [0.15, 0.2) is 36.4 Å². The highest BCUT2D eigenvalue weighted by Gasteiger charge is 2.09. The molecule has 2 N–H and O–H groups in total. The number of nitrogens with one attached hydrogen (secondary N) is 2. The largest absolute Gasteiger partial charge is 0.497 e. The number of carbonyl (C=O) groups is 1. The van der Waals surface area contributed by atoms with Crippen molar-refractivity contribution in [1.29, 1.82) is 0 Å². The van der Waals surface area contributed by atoms with Crippen molar-refractivity contribution in [1.82, 2.24) is 5.32 Å². The number of ether oxygens (including phenoxy) is 2. The van der Waals surface area contributed by atoms with Crippen LogP contribution in [0.25, 0.3) is 0 Å². The number of amides is 2. The molecule has 7 heteroatoms. The molecule has 0 atom stereocenters. The van der Waals surface area contributed by atoms with Gasteiger partial charge in [-0.15, -0.1) is 0 Å². The summed E-state index contributed by atoms with van der Waals surface area (Å²) in [6.07, 6.45) is 0. The van der Waals surface area contributed by atoms with Crippen LogP contribution in [0.1, 0.15) is 5.56 Å². The number of rotatable bonds is 5. The minimum absolute atomic E-state index is 0.163. The quantitative estimate of drug-likeness (QED) is 0.888. The third-order valence-corrected chi connectivity index (χ3v) is 3.04. The van der Waals surface area contributed by atoms with Gasteiger partial charge in [0, 0.05) is 18.7 Å². The van der Waals surface area contributed by atoms with Gasteiger partial charge in [-0.05, 0) is 29.8 Å². The Labute approximate surface area is 132 Å². The van der Waals surface area contributed by atoms with Crippen LogP contribution in [-0.4, -0.2) is 20.3 Å². The van der Waals surface area contributed by atoms with E-state index in [0.717, 1.165) is 23.8 Å². The summed E-state index contributed by atoms with van der Waals surface area (Å²) in [5.41, 5.74) is 0.502. The molecule has 0 spiro atoms. The molecule has 5 nitrogen and oxygen atoms in total. The highest BCUT2D eigenvalue weighted by Crippen LogP contribution is 2.22. The average Bonchev–Trinajstić information content (AvgIpc) is 2.56. The van der Waals surface area contributed by atoms with E-state index in [0.29, 0.717) is 11.5 Å². The summed E-state index contributed by atoms with van der Waals surface area (Å²) in [6.45, 7) is 0.163. The lowest BCUT2D eigenvalue weighted by Crippen LogP contribution is -2.28. The van der Waals surface area contributed by atoms with Gasteiger partial charge in [0.25, 0.3) is 0 Å². The van der Waals surface area contributed by atoms with Gasteiger partial charge in [-0.3, -0.25) is 0 Å². The predicted molar refractivity (Wildman–Crippen MR) is 81.8 cm³/mol. The molecule has 122 valence electrons. The Hall–Kier alpha value is -2.83. The first-order valence-electron chi connectivity index (χ1n) is 6.73. The molecule has 0 saturated carbocycles. The summed E-state index contributed by atoms with van der Waals surface area (Å²) in [7, 11) is 3.04. The highest BCUT2D eigenvalue weighted by molar-refractivity contribution is 5.89. The summed E-state index contributed by atoms with van der Waals surface area (Å²) in [6, 6.07) is 7.32. The summed E-state index contributed by atoms with van der Waals surface area (Å²) in [5.74, 6) is -0.195. The number of anilines is 1. The zero-order chi connectivity index (χ0) is 16.8. The van der Waals surface area contributed by atoms with Gasteiger partial charge < -0.3 is 20.1 Å². The fourth-order valence-corrected chi connectivity index (χ4v) is 1.91. The fraction of sp³-hybridized carbons (Fsp3) is 0.188. The van der Waals surface area contributed by atoms with Crippen LogP contribution in [0.3, 0.4) is 0 Å². The van der Waals surface area contributed by atoms with Crippen molar-refractivity contribution in [3.05, 3.63) is 53.6 Å². The van der Waals surface area contributed by atoms with E-state index in [2.05, 4.69) is 10.6 Å². The second kappa shape index (κ2) is 7.44. The Morgan fingerprint density at radius 3 is 2.30 bits per heavy atom. The molecule has 0 aromatic heterocycles. The number of urea groups is 1. The minimum atomic E-state index is -0.718. The molecule has 2 aromatic rings. The zero-order valence-electron chi connectivity index (χ0n) is 12.7. The molecule has 23 heavy (non-hydrogen) atoms. The standard InChI is InChI=1S/C16H16F2N2O3/c1-22-12-5-10(6-13(8-12)23-2)9-19-16(21)20-15-7-11(17)3-4-14(15)18/h3-8H,9H2,1-2H3,(H2,19,20,21). The predicted octanol–water partition coefficient (Wildman–Crippen LogP) is 3.30. The van der Waals surface area contributed by atoms with Crippen LogP contribution in [-0.2, 0) is 6.54 Å². The van der Waals surface area contributed by atoms with E-state index in [1.807, 2.05) is 0 Å². The summed E-state index contributed by atoms with van der Waals surface area (Å²) < 4.78 is 36.8. The van der Waals surface area contributed by atoms with Crippen molar-refractivity contribution in [2.24, 2.45) is 0 Å². The van der Waals surface area contributed by atoms with Crippen LogP contribution in [0, 0.1) is 11.6 Å². The maximum Gasteiger partial charge on any atom is 0.319 e. The lowest BCUT2D eigenvalue weighted by Gasteiger charge is -2.11. The smallest absolute Gasteiger partial charge is 0.319 e. The Kier molecular flexibility index (Phi) is 5.35. The average molecular weight is 322 g/mol. The molecular formula is C16H16F2N2O3. The summed E-state index contributed by atoms with van der Waals surface area (Å²) >= 11 is 0. The van der Waals surface area contributed by atoms with E-state index < -0.39 is 17.7 Å². The van der Waals surface area contributed by atoms with Crippen LogP contribution in [0.2, 0.25) is 0 Å². The third kappa shape index (κ3) is 4.57. The molecule has 0 unspecified atom stereocenters. The molecule has 0 saturated heterocycles. The molecule has 0 radical (unpaired) electrons. The Balaban J connectivity index is 2.00. The molecule has 2 rings (SSSR count). The summed E-state index contributed by atoms with van der Waals surface area (Å²) in [4.78, 5) is 11.8. The van der Waals surface area contributed by atoms with E-state index in [-0.39, 0.29) is 12.2 Å². The summed E-state index contributed by atoms with van der Waals surface area (Å²) in [5, 5.41) is 4.80. The van der Waals surface area contributed by atoms with Crippen LogP contribution < -0.4 is 20.1 Å². The van der Waals surface area contributed by atoms with Crippen LogP contribution in [0.4, 0.5) is 19.3 Å². The minimum Gasteiger partial charge on any atom is -0.497 e. The number of methoxy groups -OCH3 is 2. The number of halogens is 2. The maximum atomic E-state index is 13.4. The highest BCUT2D eigenvalue weighted by atomic mass is 19.1. The fourth-order valence-electron chi connectivity index (χ4n) is 1.91. The monoisotopic (exact) mass is 322 g/mol. The first-order chi connectivity index (χ1) is 11.0. The normalized spacial score (nSPS) is 10.1. The topological polar surface area (TPSA) is 59.6 Å². The van der Waals surface area contributed by atoms with Gasteiger partial charge in [-0.2, -0.15) is 0 Å². The lowest BCUT2D eigenvalue weighted by molar-refractivity contribution is 0.251. The van der Waals surface area contributed by atoms with Crippen molar-refractivity contribution in [3.63, 3.8) is 0 Å². The molecule has 0 bridgehead atoms. The van der Waals surface area contributed by atoms with Crippen molar-refractivity contribution in [2.45, 2.75) is 6.54 Å². The maximum absolute atomic E-state index is 13.4. The van der Waals surface area contributed by atoms with E-state index >= 15 is 0 Å². The second-order valence-electron chi connectivity index (χ2n) is 4.65. The van der Waals surface area contributed by atoms with E-state index in [1.165, 1.54) is 14.2 Å². The molecule has 2 amide bonds. The molecule has 2 aromatic carbocycles. The number of carbonyl (C=O) groups excluding carboxylic acids is 1. The van der Waals surface area contributed by atoms with Crippen LogP contribution in [0.5, 0.6) is 11.5 Å².